The molecule has 1 N–H and O–H groups in total. The Hall–Kier alpha value is -3.09. The van der Waals surface area contributed by atoms with Crippen molar-refractivity contribution in [2.75, 3.05) is 7.11 Å². The molecule has 0 unspecified atom stereocenters. The number of hydrogen-bond acceptors (Lipinski definition) is 5. The average Bonchev–Trinajstić information content (AvgIpc) is 2.53. The van der Waals surface area contributed by atoms with Gasteiger partial charge in [-0.05, 0) is 30.3 Å². The van der Waals surface area contributed by atoms with Crippen LogP contribution in [0.2, 0.25) is 0 Å². The van der Waals surface area contributed by atoms with E-state index in [0.717, 1.165) is 0 Å². The van der Waals surface area contributed by atoms with E-state index in [0.29, 0.717) is 11.5 Å². The first-order chi connectivity index (χ1) is 10.1. The molecule has 108 valence electrons. The molecule has 0 aliphatic rings. The van der Waals surface area contributed by atoms with Crippen LogP contribution in [0.5, 0.6) is 11.5 Å². The zero-order valence-electron chi connectivity index (χ0n) is 11.1. The van der Waals surface area contributed by atoms with Gasteiger partial charge in [0.25, 0.3) is 11.6 Å². The third-order valence-corrected chi connectivity index (χ3v) is 2.64. The van der Waals surface area contributed by atoms with Gasteiger partial charge in [0, 0.05) is 17.7 Å². The molecule has 0 atom stereocenters. The van der Waals surface area contributed by atoms with Crippen LogP contribution in [-0.2, 0) is 0 Å². The zero-order valence-corrected chi connectivity index (χ0v) is 11.1. The number of carbonyl (C=O) groups excluding carboxylic acids is 1. The van der Waals surface area contributed by atoms with Crippen LogP contribution < -0.4 is 15.1 Å². The Balaban J connectivity index is 2.00. The van der Waals surface area contributed by atoms with Crippen LogP contribution in [0, 0.1) is 10.1 Å². The number of nitrogens with one attached hydrogen (secondary N) is 1. The molecule has 7 heteroatoms. The van der Waals surface area contributed by atoms with Gasteiger partial charge >= 0.3 is 0 Å². The van der Waals surface area contributed by atoms with Crippen LogP contribution in [0.3, 0.4) is 0 Å². The first-order valence-corrected chi connectivity index (χ1v) is 5.96. The van der Waals surface area contributed by atoms with Gasteiger partial charge in [-0.3, -0.25) is 14.9 Å². The van der Waals surface area contributed by atoms with E-state index in [1.807, 2.05) is 0 Å². The minimum atomic E-state index is -0.575. The van der Waals surface area contributed by atoms with Crippen molar-refractivity contribution in [1.29, 1.82) is 0 Å². The number of rotatable bonds is 5. The van der Waals surface area contributed by atoms with Gasteiger partial charge in [0.05, 0.1) is 12.0 Å². The number of amides is 1. The number of hydroxylamine groups is 1. The van der Waals surface area contributed by atoms with Gasteiger partial charge in [-0.15, -0.1) is 0 Å². The highest BCUT2D eigenvalue weighted by Crippen LogP contribution is 2.17. The quantitative estimate of drug-likeness (QED) is 0.673. The van der Waals surface area contributed by atoms with Gasteiger partial charge in [-0.25, -0.2) is 0 Å². The van der Waals surface area contributed by atoms with E-state index in [-0.39, 0.29) is 11.3 Å². The summed E-state index contributed by atoms with van der Waals surface area (Å²) in [5.74, 6) is 0.497. The molecule has 0 spiro atoms. The molecule has 0 radical (unpaired) electrons. The molecule has 2 rings (SSSR count). The summed E-state index contributed by atoms with van der Waals surface area (Å²) >= 11 is 0. The van der Waals surface area contributed by atoms with Crippen molar-refractivity contribution in [3.63, 3.8) is 0 Å². The summed E-state index contributed by atoms with van der Waals surface area (Å²) in [5, 5.41) is 10.6. The number of carbonyl (C=O) groups is 1. The van der Waals surface area contributed by atoms with Gasteiger partial charge in [-0.1, -0.05) is 6.07 Å². The van der Waals surface area contributed by atoms with E-state index in [1.54, 1.807) is 31.4 Å². The molecule has 21 heavy (non-hydrogen) atoms. The minimum Gasteiger partial charge on any atom is -0.497 e. The van der Waals surface area contributed by atoms with Crippen molar-refractivity contribution in [1.82, 2.24) is 5.48 Å². The molecule has 0 aliphatic carbocycles. The molecule has 0 aliphatic heterocycles. The van der Waals surface area contributed by atoms with E-state index in [4.69, 9.17) is 9.57 Å². The predicted octanol–water partition coefficient (Wildman–Crippen LogP) is 2.33. The molecule has 0 heterocycles. The van der Waals surface area contributed by atoms with E-state index in [9.17, 15) is 14.9 Å². The van der Waals surface area contributed by atoms with Crippen molar-refractivity contribution < 1.29 is 19.3 Å². The van der Waals surface area contributed by atoms with Crippen LogP contribution in [0.1, 0.15) is 10.4 Å². The summed E-state index contributed by atoms with van der Waals surface area (Å²) in [6, 6.07) is 12.0. The number of methoxy groups -OCH3 is 1. The Morgan fingerprint density at radius 3 is 2.43 bits per heavy atom. The number of nitro groups is 1. The van der Waals surface area contributed by atoms with E-state index in [1.165, 1.54) is 24.3 Å². The lowest BCUT2D eigenvalue weighted by Gasteiger charge is -2.07. The molecule has 2 aromatic carbocycles. The zero-order chi connectivity index (χ0) is 15.2. The second-order valence-corrected chi connectivity index (χ2v) is 4.02. The van der Waals surface area contributed by atoms with Gasteiger partial charge in [0.1, 0.15) is 5.75 Å². The van der Waals surface area contributed by atoms with Crippen LogP contribution >= 0.6 is 0 Å². The normalized spacial score (nSPS) is 9.76. The lowest BCUT2D eigenvalue weighted by molar-refractivity contribution is -0.384. The van der Waals surface area contributed by atoms with Crippen LogP contribution in [0.4, 0.5) is 5.69 Å². The summed E-state index contributed by atoms with van der Waals surface area (Å²) in [6.45, 7) is 0. The Bertz CT molecular complexity index is 655. The Morgan fingerprint density at radius 1 is 1.14 bits per heavy atom. The first-order valence-electron chi connectivity index (χ1n) is 5.96. The van der Waals surface area contributed by atoms with E-state index >= 15 is 0 Å². The standard InChI is InChI=1S/C14H12N2O5/c1-20-12-5-7-13(8-6-12)21-15-14(17)10-3-2-4-11(9-10)16(18)19/h2-9H,1H3,(H,15,17). The highest BCUT2D eigenvalue weighted by Gasteiger charge is 2.11. The third kappa shape index (κ3) is 3.69. The van der Waals surface area contributed by atoms with Gasteiger partial charge in [-0.2, -0.15) is 5.48 Å². The Labute approximate surface area is 120 Å². The van der Waals surface area contributed by atoms with Gasteiger partial charge < -0.3 is 9.57 Å². The monoisotopic (exact) mass is 288 g/mol. The first kappa shape index (κ1) is 14.3. The topological polar surface area (TPSA) is 90.7 Å². The molecule has 0 saturated carbocycles. The fourth-order valence-electron chi connectivity index (χ4n) is 1.57. The van der Waals surface area contributed by atoms with Crippen molar-refractivity contribution >= 4 is 11.6 Å². The predicted molar refractivity (Wildman–Crippen MR) is 74.2 cm³/mol. The third-order valence-electron chi connectivity index (χ3n) is 2.64. The maximum atomic E-state index is 11.8. The molecule has 7 nitrogen and oxygen atoms in total. The average molecular weight is 288 g/mol. The van der Waals surface area contributed by atoms with Crippen molar-refractivity contribution in [2.24, 2.45) is 0 Å². The summed E-state index contributed by atoms with van der Waals surface area (Å²) in [6.07, 6.45) is 0. The highest BCUT2D eigenvalue weighted by molar-refractivity contribution is 5.94. The second kappa shape index (κ2) is 6.38. The van der Waals surface area contributed by atoms with Crippen molar-refractivity contribution in [3.8, 4) is 11.5 Å². The molecule has 2 aromatic rings. The van der Waals surface area contributed by atoms with Crippen molar-refractivity contribution in [3.05, 3.63) is 64.2 Å². The lowest BCUT2D eigenvalue weighted by Crippen LogP contribution is -2.26. The molecule has 0 bridgehead atoms. The van der Waals surface area contributed by atoms with Crippen LogP contribution in [0.15, 0.2) is 48.5 Å². The summed E-state index contributed by atoms with van der Waals surface area (Å²) in [4.78, 5) is 27.0. The van der Waals surface area contributed by atoms with Crippen molar-refractivity contribution in [2.45, 2.75) is 0 Å². The number of nitrogens with zero attached hydrogens (tertiary/aromatic N) is 1. The Kier molecular flexibility index (Phi) is 4.35. The number of benzene rings is 2. The summed E-state index contributed by atoms with van der Waals surface area (Å²) < 4.78 is 4.99. The SMILES string of the molecule is COc1ccc(ONC(=O)c2cccc([N+](=O)[O-])c2)cc1. The Morgan fingerprint density at radius 2 is 1.81 bits per heavy atom. The van der Waals surface area contributed by atoms with Crippen LogP contribution in [-0.4, -0.2) is 17.9 Å². The lowest BCUT2D eigenvalue weighted by atomic mass is 10.2. The number of non-ortho nitro benzene ring substituents is 1. The smallest absolute Gasteiger partial charge is 0.284 e. The highest BCUT2D eigenvalue weighted by atomic mass is 16.7. The molecule has 0 saturated heterocycles. The maximum Gasteiger partial charge on any atom is 0.284 e. The number of nitro benzene ring substituents is 1. The maximum absolute atomic E-state index is 11.8. The van der Waals surface area contributed by atoms with Gasteiger partial charge in [0.2, 0.25) is 0 Å². The summed E-state index contributed by atoms with van der Waals surface area (Å²) in [7, 11) is 1.54. The largest absolute Gasteiger partial charge is 0.497 e. The molecule has 0 fully saturated rings. The van der Waals surface area contributed by atoms with E-state index < -0.39 is 10.8 Å². The molecule has 1 amide bonds. The van der Waals surface area contributed by atoms with Crippen LogP contribution in [0.25, 0.3) is 0 Å². The van der Waals surface area contributed by atoms with E-state index in [2.05, 4.69) is 5.48 Å². The fourth-order valence-corrected chi connectivity index (χ4v) is 1.57. The fraction of sp³-hybridized carbons (Fsp3) is 0.0714. The summed E-state index contributed by atoms with van der Waals surface area (Å²) in [5.41, 5.74) is 2.19. The van der Waals surface area contributed by atoms with Gasteiger partial charge in [0.15, 0.2) is 5.75 Å². The second-order valence-electron chi connectivity index (χ2n) is 4.02. The molecule has 0 aromatic heterocycles. The minimum absolute atomic E-state index is 0.137. The number of hydrogen-bond donors (Lipinski definition) is 1. The number of ether oxygens (including phenoxy) is 1. The molecular weight excluding hydrogens is 276 g/mol. The molecular formula is C14H12N2O5.